The summed E-state index contributed by atoms with van der Waals surface area (Å²) in [5.41, 5.74) is 0.494. The number of nitrogens with zero attached hydrogens (tertiary/aromatic N) is 4. The number of halogens is 1. The molecule has 3 heterocycles. The molecule has 9 nitrogen and oxygen atoms in total. The highest BCUT2D eigenvalue weighted by Crippen LogP contribution is 2.29. The van der Waals surface area contributed by atoms with E-state index in [0.717, 1.165) is 25.9 Å². The van der Waals surface area contributed by atoms with Gasteiger partial charge in [0.25, 0.3) is 0 Å². The number of aliphatic hydroxyl groups is 1. The number of sulfonamides is 1. The monoisotopic (exact) mass is 526 g/mol. The second-order valence-corrected chi connectivity index (χ2v) is 11.6. The van der Waals surface area contributed by atoms with Crippen LogP contribution in [0, 0.1) is 5.82 Å². The van der Waals surface area contributed by atoms with Gasteiger partial charge in [-0.05, 0) is 93.4 Å². The summed E-state index contributed by atoms with van der Waals surface area (Å²) < 4.78 is 41.0. The maximum absolute atomic E-state index is 13.2. The molecule has 2 fully saturated rings. The molecule has 1 aromatic heterocycles. The molecule has 0 bridgehead atoms. The summed E-state index contributed by atoms with van der Waals surface area (Å²) in [5, 5.41) is 17.1. The number of hydrogen-bond acceptors (Lipinski definition) is 8. The Bertz CT molecular complexity index is 1310. The Morgan fingerprint density at radius 2 is 1.51 bits per heavy atom. The van der Waals surface area contributed by atoms with Crippen molar-refractivity contribution in [2.24, 2.45) is 0 Å². The molecule has 37 heavy (non-hydrogen) atoms. The first-order valence-corrected chi connectivity index (χ1v) is 13.9. The van der Waals surface area contributed by atoms with Gasteiger partial charge in [-0.15, -0.1) is 0 Å². The van der Waals surface area contributed by atoms with Gasteiger partial charge < -0.3 is 20.6 Å². The first-order valence-electron chi connectivity index (χ1n) is 12.5. The van der Waals surface area contributed by atoms with Gasteiger partial charge in [-0.1, -0.05) is 0 Å². The molecule has 2 aliphatic rings. The van der Waals surface area contributed by atoms with Gasteiger partial charge >= 0.3 is 0 Å². The van der Waals surface area contributed by atoms with Crippen molar-refractivity contribution in [1.29, 1.82) is 0 Å². The number of benzene rings is 2. The predicted octanol–water partition coefficient (Wildman–Crippen LogP) is 3.71. The van der Waals surface area contributed by atoms with E-state index >= 15 is 0 Å². The summed E-state index contributed by atoms with van der Waals surface area (Å²) in [6, 6.07) is 14.1. The fourth-order valence-electron chi connectivity index (χ4n) is 4.82. The molecule has 11 heteroatoms. The Labute approximate surface area is 216 Å². The molecule has 3 aromatic rings. The van der Waals surface area contributed by atoms with Gasteiger partial charge in [0.2, 0.25) is 16.0 Å². The van der Waals surface area contributed by atoms with Crippen LogP contribution in [0.3, 0.4) is 0 Å². The zero-order valence-electron chi connectivity index (χ0n) is 20.5. The molecule has 0 unspecified atom stereocenters. The van der Waals surface area contributed by atoms with E-state index in [-0.39, 0.29) is 10.7 Å². The Balaban J connectivity index is 1.19. The first kappa shape index (κ1) is 25.5. The number of likely N-dealkylation sites (tertiary alicyclic amines) is 1. The minimum atomic E-state index is -3.66. The van der Waals surface area contributed by atoms with Crippen molar-refractivity contribution in [3.05, 3.63) is 66.6 Å². The Morgan fingerprint density at radius 3 is 2.19 bits per heavy atom. The van der Waals surface area contributed by atoms with Crippen LogP contribution in [0.1, 0.15) is 25.7 Å². The van der Waals surface area contributed by atoms with Gasteiger partial charge in [-0.2, -0.15) is 9.29 Å². The highest BCUT2D eigenvalue weighted by molar-refractivity contribution is 7.89. The van der Waals surface area contributed by atoms with Crippen LogP contribution in [0.15, 0.2) is 65.7 Å². The van der Waals surface area contributed by atoms with Crippen LogP contribution in [-0.4, -0.2) is 71.0 Å². The molecule has 0 saturated carbocycles. The minimum absolute atomic E-state index is 0.204. The van der Waals surface area contributed by atoms with Crippen LogP contribution in [0.5, 0.6) is 0 Å². The summed E-state index contributed by atoms with van der Waals surface area (Å²) in [5.74, 6) is 0.537. The van der Waals surface area contributed by atoms with E-state index in [9.17, 15) is 17.9 Å². The second-order valence-electron chi connectivity index (χ2n) is 9.66. The van der Waals surface area contributed by atoms with Crippen molar-refractivity contribution in [2.45, 2.75) is 36.2 Å². The lowest BCUT2D eigenvalue weighted by Gasteiger charge is -2.39. The van der Waals surface area contributed by atoms with E-state index in [2.05, 4.69) is 25.5 Å². The van der Waals surface area contributed by atoms with Gasteiger partial charge in [0, 0.05) is 37.2 Å². The van der Waals surface area contributed by atoms with E-state index < -0.39 is 15.6 Å². The van der Waals surface area contributed by atoms with Crippen molar-refractivity contribution in [3.8, 4) is 0 Å². The predicted molar refractivity (Wildman–Crippen MR) is 140 cm³/mol. The van der Waals surface area contributed by atoms with Gasteiger partial charge in [0.1, 0.15) is 11.6 Å². The number of hydrogen-bond donors (Lipinski definition) is 3. The third-order valence-electron chi connectivity index (χ3n) is 6.89. The van der Waals surface area contributed by atoms with Crippen molar-refractivity contribution in [2.75, 3.05) is 43.4 Å². The fraction of sp³-hybridized carbons (Fsp3) is 0.385. The SMILES string of the molecule is O=S(=O)(c1ccc(Nc2nccc(Nc3ccc(F)cc3)n2)cc1)N1CCC(O)(CN2CCCC2)CC1. The topological polar surface area (TPSA) is 111 Å². The van der Waals surface area contributed by atoms with Crippen LogP contribution >= 0.6 is 0 Å². The molecule has 3 N–H and O–H groups in total. The largest absolute Gasteiger partial charge is 0.388 e. The average Bonchev–Trinajstić information content (AvgIpc) is 3.39. The Morgan fingerprint density at radius 1 is 0.892 bits per heavy atom. The van der Waals surface area contributed by atoms with Crippen LogP contribution in [0.4, 0.5) is 27.5 Å². The van der Waals surface area contributed by atoms with Crippen LogP contribution in [0.2, 0.25) is 0 Å². The minimum Gasteiger partial charge on any atom is -0.388 e. The normalized spacial score (nSPS) is 18.5. The average molecular weight is 527 g/mol. The maximum atomic E-state index is 13.2. The summed E-state index contributed by atoms with van der Waals surface area (Å²) in [7, 11) is -3.66. The molecular formula is C26H31FN6O3S. The third-order valence-corrected chi connectivity index (χ3v) is 8.80. The van der Waals surface area contributed by atoms with E-state index in [4.69, 9.17) is 0 Å². The summed E-state index contributed by atoms with van der Waals surface area (Å²) >= 11 is 0. The molecule has 196 valence electrons. The number of rotatable bonds is 8. The summed E-state index contributed by atoms with van der Waals surface area (Å²) in [6.45, 7) is 3.22. The van der Waals surface area contributed by atoms with Gasteiger partial charge in [0.05, 0.1) is 10.5 Å². The molecule has 2 aliphatic heterocycles. The number of piperidine rings is 1. The molecule has 0 atom stereocenters. The molecule has 5 rings (SSSR count). The maximum Gasteiger partial charge on any atom is 0.243 e. The lowest BCUT2D eigenvalue weighted by Crippen LogP contribution is -2.51. The van der Waals surface area contributed by atoms with E-state index in [1.54, 1.807) is 48.7 Å². The highest BCUT2D eigenvalue weighted by Gasteiger charge is 2.38. The number of aromatic nitrogens is 2. The van der Waals surface area contributed by atoms with E-state index in [1.165, 1.54) is 16.4 Å². The number of anilines is 4. The third kappa shape index (κ3) is 6.24. The summed E-state index contributed by atoms with van der Waals surface area (Å²) in [6.07, 6.45) is 4.77. The van der Waals surface area contributed by atoms with E-state index in [0.29, 0.717) is 55.6 Å². The van der Waals surface area contributed by atoms with Crippen molar-refractivity contribution in [1.82, 2.24) is 19.2 Å². The van der Waals surface area contributed by atoms with Gasteiger partial charge in [-0.3, -0.25) is 0 Å². The molecule has 2 aromatic carbocycles. The van der Waals surface area contributed by atoms with Crippen molar-refractivity contribution < 1.29 is 17.9 Å². The Kier molecular flexibility index (Phi) is 7.38. The lowest BCUT2D eigenvalue weighted by molar-refractivity contribution is -0.0284. The molecule has 0 aliphatic carbocycles. The molecule has 0 amide bonds. The zero-order valence-corrected chi connectivity index (χ0v) is 21.3. The standard InChI is InChI=1S/C26H31FN6O3S/c27-20-3-5-21(6-4-20)29-24-11-14-28-25(31-24)30-22-7-9-23(10-8-22)37(35,36)33-17-12-26(34,13-18-33)19-32-15-1-2-16-32/h3-11,14,34H,1-2,12-13,15-19H2,(H2,28,29,30,31). The first-order chi connectivity index (χ1) is 17.8. The lowest BCUT2D eigenvalue weighted by atomic mass is 9.92. The van der Waals surface area contributed by atoms with Crippen LogP contribution < -0.4 is 10.6 Å². The van der Waals surface area contributed by atoms with Crippen LogP contribution in [-0.2, 0) is 10.0 Å². The second kappa shape index (κ2) is 10.7. The molecule has 0 spiro atoms. The number of β-amino-alcohol motifs (C(OH)–C–C–N with tert-alkyl or cyclic N) is 1. The summed E-state index contributed by atoms with van der Waals surface area (Å²) in [4.78, 5) is 11.1. The van der Waals surface area contributed by atoms with Gasteiger partial charge in [-0.25, -0.2) is 17.8 Å². The van der Waals surface area contributed by atoms with Gasteiger partial charge in [0.15, 0.2) is 0 Å². The Hall–Kier alpha value is -3.12. The van der Waals surface area contributed by atoms with E-state index in [1.807, 2.05) is 0 Å². The van der Waals surface area contributed by atoms with Crippen LogP contribution in [0.25, 0.3) is 0 Å². The fourth-order valence-corrected chi connectivity index (χ4v) is 6.26. The number of nitrogens with one attached hydrogen (secondary N) is 2. The van der Waals surface area contributed by atoms with Crippen molar-refractivity contribution >= 4 is 33.2 Å². The molecule has 2 saturated heterocycles. The quantitative estimate of drug-likeness (QED) is 0.408. The highest BCUT2D eigenvalue weighted by atomic mass is 32.2. The van der Waals surface area contributed by atoms with Crippen molar-refractivity contribution in [3.63, 3.8) is 0 Å². The molecular weight excluding hydrogens is 495 g/mol. The smallest absolute Gasteiger partial charge is 0.243 e. The molecule has 0 radical (unpaired) electrons. The zero-order chi connectivity index (χ0) is 25.9.